The van der Waals surface area contributed by atoms with Gasteiger partial charge in [0.25, 0.3) is 0 Å². The van der Waals surface area contributed by atoms with Gasteiger partial charge in [0, 0.05) is 5.71 Å². The third-order valence-electron chi connectivity index (χ3n) is 4.83. The fraction of sp³-hybridized carbons (Fsp3) is 0.435. The molecule has 0 spiro atoms. The Morgan fingerprint density at radius 2 is 1.34 bits per heavy atom. The Hall–Kier alpha value is -0.504. The normalized spacial score (nSPS) is 12.4. The molecule has 6 heteroatoms. The van der Waals surface area contributed by atoms with Crippen molar-refractivity contribution in [1.82, 2.24) is 0 Å². The molecule has 2 aromatic rings. The summed E-state index contributed by atoms with van der Waals surface area (Å²) >= 11 is 0. The molecule has 0 N–H and O–H groups in total. The van der Waals surface area contributed by atoms with E-state index in [0.717, 1.165) is 22.3 Å². The number of hydrogen-bond donors (Lipinski definition) is 0. The van der Waals surface area contributed by atoms with E-state index in [-0.39, 0.29) is 63.2 Å². The quantitative estimate of drug-likeness (QED) is 0.377. The zero-order chi connectivity index (χ0) is 21.1. The number of hydrogen-bond acceptors (Lipinski definition) is 3. The summed E-state index contributed by atoms with van der Waals surface area (Å²) in [6.07, 6.45) is 0. The summed E-state index contributed by atoms with van der Waals surface area (Å²) in [5, 5.41) is 4.05. The first-order valence-electron chi connectivity index (χ1n) is 9.79. The van der Waals surface area contributed by atoms with Gasteiger partial charge in [0.2, 0.25) is 0 Å². The van der Waals surface area contributed by atoms with Crippen LogP contribution in [0.3, 0.4) is 0 Å². The van der Waals surface area contributed by atoms with Gasteiger partial charge in [0.05, 0.1) is 4.90 Å². The van der Waals surface area contributed by atoms with Crippen LogP contribution < -0.4 is 51.4 Å². The zero-order valence-corrected chi connectivity index (χ0v) is 22.8. The molecule has 0 saturated carbocycles. The van der Waals surface area contributed by atoms with E-state index in [1.807, 2.05) is 70.2 Å². The second-order valence-corrected chi connectivity index (χ2v) is 9.62. The largest absolute Gasteiger partial charge is 1.00 e. The summed E-state index contributed by atoms with van der Waals surface area (Å²) < 4.78 is 26.5. The third-order valence-corrected chi connectivity index (χ3v) is 6.11. The fourth-order valence-electron chi connectivity index (χ4n) is 3.08. The molecule has 0 aromatic heterocycles. The van der Waals surface area contributed by atoms with Crippen LogP contribution in [0.1, 0.15) is 88.5 Å². The molecule has 0 unspecified atom stereocenters. The van der Waals surface area contributed by atoms with Crippen molar-refractivity contribution >= 4 is 15.7 Å². The molecule has 152 valence electrons. The monoisotopic (exact) mass is 438 g/mol. The van der Waals surface area contributed by atoms with Gasteiger partial charge in [0.15, 0.2) is 0 Å². The number of benzene rings is 2. The molecule has 0 fully saturated rings. The summed E-state index contributed by atoms with van der Waals surface area (Å²) in [6, 6.07) is 13.5. The van der Waals surface area contributed by atoms with Gasteiger partial charge in [0.1, 0.15) is 10.0 Å². The van der Waals surface area contributed by atoms with Crippen LogP contribution in [0.4, 0.5) is 0 Å². The van der Waals surface area contributed by atoms with Crippen LogP contribution >= 0.6 is 0 Å². The van der Waals surface area contributed by atoms with E-state index in [2.05, 4.69) is 23.8 Å². The van der Waals surface area contributed by atoms with Crippen molar-refractivity contribution in [3.63, 3.8) is 0 Å². The molecule has 0 aliphatic rings. The molecule has 2 aromatic carbocycles. The van der Waals surface area contributed by atoms with Gasteiger partial charge in [-0.05, 0) is 46.9 Å². The number of sulfonamides is 1. The molecule has 29 heavy (non-hydrogen) atoms. The van der Waals surface area contributed by atoms with Crippen molar-refractivity contribution in [2.75, 3.05) is 0 Å². The summed E-state index contributed by atoms with van der Waals surface area (Å²) in [4.78, 5) is 4.14. The van der Waals surface area contributed by atoms with Crippen LogP contribution in [0.5, 0.6) is 0 Å². The number of rotatable bonds is 7. The standard InChI is InChI=1S/C23H31N2O2S.K/c1-15(2)20-13-21(16(3)4)23(22(14-20)17(5)6)28(26,27)25-24-18(7)19-11-9-8-10-12-19;/h8-17H,1-7H3;/q-1;+1/b24-18+;. The van der Waals surface area contributed by atoms with E-state index in [0.29, 0.717) is 16.5 Å². The van der Waals surface area contributed by atoms with Crippen LogP contribution in [-0.2, 0) is 10.0 Å². The third kappa shape index (κ3) is 6.74. The van der Waals surface area contributed by atoms with Gasteiger partial charge in [-0.25, -0.2) is 8.42 Å². The maximum absolute atomic E-state index is 13.2. The van der Waals surface area contributed by atoms with Crippen molar-refractivity contribution in [1.29, 1.82) is 0 Å². The van der Waals surface area contributed by atoms with E-state index < -0.39 is 10.0 Å². The first-order chi connectivity index (χ1) is 13.0. The van der Waals surface area contributed by atoms with Crippen molar-refractivity contribution in [2.24, 2.45) is 5.10 Å². The van der Waals surface area contributed by atoms with Crippen LogP contribution in [0.15, 0.2) is 52.5 Å². The molecule has 0 aliphatic heterocycles. The average Bonchev–Trinajstić information content (AvgIpc) is 2.65. The molecular weight excluding hydrogens is 407 g/mol. The van der Waals surface area contributed by atoms with Crippen LogP contribution in [0, 0.1) is 0 Å². The minimum Gasteiger partial charge on any atom is -0.490 e. The van der Waals surface area contributed by atoms with Gasteiger partial charge in [-0.2, -0.15) is 0 Å². The Balaban J connectivity index is 0.00000420. The molecule has 2 rings (SSSR count). The van der Waals surface area contributed by atoms with Gasteiger partial charge >= 0.3 is 51.4 Å². The van der Waals surface area contributed by atoms with E-state index in [9.17, 15) is 8.42 Å². The molecule has 0 atom stereocenters. The average molecular weight is 439 g/mol. The Morgan fingerprint density at radius 3 is 1.76 bits per heavy atom. The zero-order valence-electron chi connectivity index (χ0n) is 18.9. The van der Waals surface area contributed by atoms with Crippen molar-refractivity contribution in [2.45, 2.75) is 71.1 Å². The predicted molar refractivity (Wildman–Crippen MR) is 118 cm³/mol. The molecule has 0 heterocycles. The van der Waals surface area contributed by atoms with Crippen molar-refractivity contribution in [3.8, 4) is 0 Å². The van der Waals surface area contributed by atoms with E-state index in [1.165, 1.54) is 0 Å². The fourth-order valence-corrected chi connectivity index (χ4v) is 4.58. The molecular formula is C23H31KN2O2S. The van der Waals surface area contributed by atoms with Gasteiger partial charge in [-0.1, -0.05) is 84.0 Å². The van der Waals surface area contributed by atoms with Crippen LogP contribution in [0.2, 0.25) is 0 Å². The summed E-state index contributed by atoms with van der Waals surface area (Å²) in [7, 11) is -3.92. The second kappa shape index (κ2) is 11.2. The van der Waals surface area contributed by atoms with Crippen LogP contribution in [-0.4, -0.2) is 14.1 Å². The number of nitrogens with zero attached hydrogens (tertiary/aromatic N) is 2. The topological polar surface area (TPSA) is 60.6 Å². The van der Waals surface area contributed by atoms with Gasteiger partial charge in [-0.3, -0.25) is 0 Å². The van der Waals surface area contributed by atoms with Crippen LogP contribution in [0.25, 0.3) is 4.83 Å². The molecule has 0 radical (unpaired) electrons. The minimum absolute atomic E-state index is 0. The maximum Gasteiger partial charge on any atom is 1.00 e. The molecule has 0 saturated heterocycles. The van der Waals surface area contributed by atoms with E-state index >= 15 is 0 Å². The molecule has 4 nitrogen and oxygen atoms in total. The van der Waals surface area contributed by atoms with Gasteiger partial charge < -0.3 is 9.93 Å². The Morgan fingerprint density at radius 1 is 0.862 bits per heavy atom. The Kier molecular flexibility index (Phi) is 10.3. The second-order valence-electron chi connectivity index (χ2n) is 8.10. The van der Waals surface area contributed by atoms with Gasteiger partial charge in [-0.15, -0.1) is 0 Å². The summed E-state index contributed by atoms with van der Waals surface area (Å²) in [5.74, 6) is 0.452. The SMILES string of the molecule is C/C(=N\[N-]S(=O)(=O)c1c(C(C)C)cc(C(C)C)cc1C(C)C)c1ccccc1.[K+]. The molecule has 0 amide bonds. The Bertz CT molecular complexity index is 921. The first kappa shape index (κ1) is 26.5. The first-order valence-corrected chi connectivity index (χ1v) is 11.2. The molecule has 0 bridgehead atoms. The van der Waals surface area contributed by atoms with E-state index in [4.69, 9.17) is 0 Å². The summed E-state index contributed by atoms with van der Waals surface area (Å²) in [6.45, 7) is 14.1. The van der Waals surface area contributed by atoms with Crippen molar-refractivity contribution in [3.05, 3.63) is 69.5 Å². The maximum atomic E-state index is 13.2. The minimum atomic E-state index is -3.92. The summed E-state index contributed by atoms with van der Waals surface area (Å²) in [5.41, 5.74) is 4.19. The Labute approximate surface area is 219 Å². The smallest absolute Gasteiger partial charge is 0.490 e. The molecule has 0 aliphatic carbocycles. The predicted octanol–water partition coefficient (Wildman–Crippen LogP) is 3.55. The van der Waals surface area contributed by atoms with Crippen molar-refractivity contribution < 1.29 is 59.8 Å². The van der Waals surface area contributed by atoms with E-state index in [1.54, 1.807) is 6.92 Å².